The predicted octanol–water partition coefficient (Wildman–Crippen LogP) is 6.36. The van der Waals surface area contributed by atoms with Crippen LogP contribution >= 0.6 is 0 Å². The Balaban J connectivity index is 1.92. The molecule has 0 aliphatic heterocycles. The topological polar surface area (TPSA) is 49.3 Å². The lowest BCUT2D eigenvalue weighted by Crippen LogP contribution is -2.11. The van der Waals surface area contributed by atoms with Crippen molar-refractivity contribution in [3.63, 3.8) is 0 Å². The smallest absolute Gasteiger partial charge is 0.225 e. The summed E-state index contributed by atoms with van der Waals surface area (Å²) in [4.78, 5) is 4.70. The molecule has 3 rings (SSSR count). The molecule has 0 aromatic heterocycles. The third-order valence-electron chi connectivity index (χ3n) is 4.59. The fraction of sp³-hybridized carbons (Fsp3) is 0.192. The molecular weight excluding hydrogens is 390 g/mol. The van der Waals surface area contributed by atoms with Gasteiger partial charge < -0.3 is 18.9 Å². The van der Waals surface area contributed by atoms with Crippen LogP contribution in [0.2, 0.25) is 0 Å². The summed E-state index contributed by atoms with van der Waals surface area (Å²) >= 11 is 0. The van der Waals surface area contributed by atoms with Gasteiger partial charge in [-0.2, -0.15) is 0 Å². The molecule has 0 N–H and O–H groups in total. The van der Waals surface area contributed by atoms with E-state index in [1.54, 1.807) is 20.5 Å². The van der Waals surface area contributed by atoms with Crippen molar-refractivity contribution in [3.8, 4) is 23.0 Å². The summed E-state index contributed by atoms with van der Waals surface area (Å²) < 4.78 is 22.6. The molecule has 0 heterocycles. The van der Waals surface area contributed by atoms with Crippen molar-refractivity contribution in [1.82, 2.24) is 0 Å². The normalized spacial score (nSPS) is 11.7. The molecule has 0 atom stereocenters. The quantitative estimate of drug-likeness (QED) is 0.243. The standard InChI is InChI=1S/C26H27NO4/c1-5-20-9-8-10-23(17-20)31-26(27-21-13-15-22(28-3)16-14-21)19(2)18-30-25-12-7-6-11-24(25)29-4/h6-18H,5H2,1-4H3/b19-18+,27-26?. The van der Waals surface area contributed by atoms with Crippen molar-refractivity contribution in [3.05, 3.63) is 90.2 Å². The average molecular weight is 418 g/mol. The fourth-order valence-electron chi connectivity index (χ4n) is 2.82. The number of methoxy groups -OCH3 is 2. The van der Waals surface area contributed by atoms with Crippen LogP contribution < -0.4 is 18.9 Å². The van der Waals surface area contributed by atoms with Crippen LogP contribution in [0.1, 0.15) is 19.4 Å². The van der Waals surface area contributed by atoms with E-state index in [-0.39, 0.29) is 0 Å². The molecule has 3 aromatic rings. The fourth-order valence-corrected chi connectivity index (χ4v) is 2.82. The molecule has 5 nitrogen and oxygen atoms in total. The molecule has 0 spiro atoms. The summed E-state index contributed by atoms with van der Waals surface area (Å²) in [6.07, 6.45) is 2.54. The minimum Gasteiger partial charge on any atom is -0.497 e. The summed E-state index contributed by atoms with van der Waals surface area (Å²) in [5.74, 6) is 3.19. The van der Waals surface area contributed by atoms with Crippen LogP contribution in [0.25, 0.3) is 0 Å². The van der Waals surface area contributed by atoms with Crippen LogP contribution in [0, 0.1) is 0 Å². The van der Waals surface area contributed by atoms with Gasteiger partial charge >= 0.3 is 0 Å². The number of benzene rings is 3. The maximum Gasteiger partial charge on any atom is 0.225 e. The van der Waals surface area contributed by atoms with Crippen molar-refractivity contribution in [1.29, 1.82) is 0 Å². The van der Waals surface area contributed by atoms with E-state index >= 15 is 0 Å². The first-order valence-electron chi connectivity index (χ1n) is 10.1. The Hall–Kier alpha value is -3.73. The highest BCUT2D eigenvalue weighted by atomic mass is 16.5. The second-order valence-electron chi connectivity index (χ2n) is 6.79. The molecule has 0 fully saturated rings. The van der Waals surface area contributed by atoms with Crippen molar-refractivity contribution in [2.75, 3.05) is 14.2 Å². The molecule has 0 amide bonds. The maximum absolute atomic E-state index is 6.16. The van der Waals surface area contributed by atoms with Crippen LogP contribution in [0.5, 0.6) is 23.0 Å². The van der Waals surface area contributed by atoms with Gasteiger partial charge in [-0.25, -0.2) is 4.99 Å². The zero-order valence-electron chi connectivity index (χ0n) is 18.3. The van der Waals surface area contributed by atoms with E-state index in [2.05, 4.69) is 13.0 Å². The summed E-state index contributed by atoms with van der Waals surface area (Å²) in [5.41, 5.74) is 2.66. The van der Waals surface area contributed by atoms with Gasteiger partial charge in [0.1, 0.15) is 11.5 Å². The van der Waals surface area contributed by atoms with Gasteiger partial charge in [-0.1, -0.05) is 31.2 Å². The Kier molecular flexibility index (Phi) is 7.71. The number of hydrogen-bond acceptors (Lipinski definition) is 5. The SMILES string of the molecule is CCc1cccc(OC(=Nc2ccc(OC)cc2)/C(C)=C/Oc2ccccc2OC)c1. The summed E-state index contributed by atoms with van der Waals surface area (Å²) in [7, 11) is 3.24. The van der Waals surface area contributed by atoms with Gasteiger partial charge in [-0.3, -0.25) is 0 Å². The van der Waals surface area contributed by atoms with E-state index in [1.165, 1.54) is 5.56 Å². The first-order valence-corrected chi connectivity index (χ1v) is 10.1. The predicted molar refractivity (Wildman–Crippen MR) is 124 cm³/mol. The summed E-state index contributed by atoms with van der Waals surface area (Å²) in [6.45, 7) is 4.00. The van der Waals surface area contributed by atoms with Crippen LogP contribution in [-0.2, 0) is 6.42 Å². The Morgan fingerprint density at radius 1 is 0.839 bits per heavy atom. The first kappa shape index (κ1) is 22.0. The van der Waals surface area contributed by atoms with Crippen LogP contribution in [-0.4, -0.2) is 20.1 Å². The third kappa shape index (κ3) is 6.12. The highest BCUT2D eigenvalue weighted by molar-refractivity contribution is 5.96. The maximum atomic E-state index is 6.16. The highest BCUT2D eigenvalue weighted by Crippen LogP contribution is 2.27. The van der Waals surface area contributed by atoms with E-state index in [4.69, 9.17) is 23.9 Å². The Morgan fingerprint density at radius 3 is 2.26 bits per heavy atom. The van der Waals surface area contributed by atoms with Crippen LogP contribution in [0.4, 0.5) is 5.69 Å². The van der Waals surface area contributed by atoms with Gasteiger partial charge in [0.2, 0.25) is 5.90 Å². The number of ether oxygens (including phenoxy) is 4. The first-order chi connectivity index (χ1) is 15.1. The van der Waals surface area contributed by atoms with Gasteiger partial charge in [-0.15, -0.1) is 0 Å². The molecule has 0 unspecified atom stereocenters. The molecular formula is C26H27NO4. The van der Waals surface area contributed by atoms with Gasteiger partial charge in [0.05, 0.1) is 26.2 Å². The molecule has 160 valence electrons. The highest BCUT2D eigenvalue weighted by Gasteiger charge is 2.10. The molecule has 5 heteroatoms. The zero-order chi connectivity index (χ0) is 22.1. The minimum atomic E-state index is 0.438. The Bertz CT molecular complexity index is 1060. The van der Waals surface area contributed by atoms with Gasteiger partial charge in [0, 0.05) is 5.57 Å². The molecule has 0 saturated carbocycles. The molecule has 0 radical (unpaired) electrons. The number of nitrogens with zero attached hydrogens (tertiary/aromatic N) is 1. The number of para-hydroxylation sites is 2. The number of rotatable bonds is 8. The Morgan fingerprint density at radius 2 is 1.58 bits per heavy atom. The molecule has 0 saturated heterocycles. The molecule has 0 bridgehead atoms. The lowest BCUT2D eigenvalue weighted by Gasteiger charge is -2.12. The number of aliphatic imine (C=N–C) groups is 1. The van der Waals surface area contributed by atoms with Gasteiger partial charge in [0.15, 0.2) is 11.5 Å². The minimum absolute atomic E-state index is 0.438. The monoisotopic (exact) mass is 417 g/mol. The van der Waals surface area contributed by atoms with E-state index in [0.29, 0.717) is 17.4 Å². The number of hydrogen-bond donors (Lipinski definition) is 0. The third-order valence-corrected chi connectivity index (χ3v) is 4.59. The second-order valence-corrected chi connectivity index (χ2v) is 6.79. The van der Waals surface area contributed by atoms with E-state index in [9.17, 15) is 0 Å². The van der Waals surface area contributed by atoms with E-state index in [1.807, 2.05) is 73.7 Å². The van der Waals surface area contributed by atoms with Gasteiger partial charge in [-0.05, 0) is 67.4 Å². The van der Waals surface area contributed by atoms with Crippen LogP contribution in [0.3, 0.4) is 0 Å². The Labute approximate surface area is 183 Å². The van der Waals surface area contributed by atoms with E-state index in [0.717, 1.165) is 29.2 Å². The molecule has 0 aliphatic rings. The summed E-state index contributed by atoms with van der Waals surface area (Å²) in [6, 6.07) is 22.9. The molecule has 31 heavy (non-hydrogen) atoms. The number of aryl methyl sites for hydroxylation is 1. The molecule has 3 aromatic carbocycles. The van der Waals surface area contributed by atoms with E-state index < -0.39 is 0 Å². The largest absolute Gasteiger partial charge is 0.497 e. The average Bonchev–Trinajstić information content (AvgIpc) is 2.82. The van der Waals surface area contributed by atoms with Crippen LogP contribution in [0.15, 0.2) is 89.6 Å². The van der Waals surface area contributed by atoms with Crippen molar-refractivity contribution >= 4 is 11.6 Å². The van der Waals surface area contributed by atoms with Gasteiger partial charge in [0.25, 0.3) is 0 Å². The lowest BCUT2D eigenvalue weighted by atomic mass is 10.2. The van der Waals surface area contributed by atoms with Crippen molar-refractivity contribution in [2.24, 2.45) is 4.99 Å². The second kappa shape index (κ2) is 10.9. The van der Waals surface area contributed by atoms with Crippen molar-refractivity contribution in [2.45, 2.75) is 20.3 Å². The zero-order valence-corrected chi connectivity index (χ0v) is 18.3. The lowest BCUT2D eigenvalue weighted by molar-refractivity contribution is 0.377. The molecule has 0 aliphatic carbocycles. The summed E-state index contributed by atoms with van der Waals surface area (Å²) in [5, 5.41) is 0. The van der Waals surface area contributed by atoms with Crippen molar-refractivity contribution < 1.29 is 18.9 Å².